The number of hydrogen-bond donors (Lipinski definition) is 1. The van der Waals surface area contributed by atoms with Gasteiger partial charge in [0.2, 0.25) is 10.0 Å². The number of nitrogens with zero attached hydrogens (tertiary/aromatic N) is 2. The highest BCUT2D eigenvalue weighted by Crippen LogP contribution is 2.24. The molecular weight excluding hydrogens is 426 g/mol. The first-order valence-electron chi connectivity index (χ1n) is 9.96. The van der Waals surface area contributed by atoms with Crippen LogP contribution in [0.5, 0.6) is 5.75 Å². The summed E-state index contributed by atoms with van der Waals surface area (Å²) in [6.07, 6.45) is 1.50. The van der Waals surface area contributed by atoms with Crippen LogP contribution in [0.1, 0.15) is 16.7 Å². The SMILES string of the molecule is COc1ccc(S(=O)(=O)N(CC(=O)NN=Cc2ccccc2)Cc2ccccc2)cc1C. The minimum Gasteiger partial charge on any atom is -0.496 e. The van der Waals surface area contributed by atoms with Crippen molar-refractivity contribution in [2.24, 2.45) is 5.10 Å². The second kappa shape index (κ2) is 10.7. The molecule has 0 radical (unpaired) electrons. The van der Waals surface area contributed by atoms with Gasteiger partial charge in [0.05, 0.1) is 24.8 Å². The minimum absolute atomic E-state index is 0.0457. The number of sulfonamides is 1. The average Bonchev–Trinajstić information content (AvgIpc) is 2.80. The lowest BCUT2D eigenvalue weighted by Crippen LogP contribution is -2.39. The number of rotatable bonds is 9. The third-order valence-corrected chi connectivity index (χ3v) is 6.52. The van der Waals surface area contributed by atoms with E-state index in [0.29, 0.717) is 11.3 Å². The van der Waals surface area contributed by atoms with Gasteiger partial charge in [-0.25, -0.2) is 13.8 Å². The normalized spacial score (nSPS) is 11.6. The predicted molar refractivity (Wildman–Crippen MR) is 124 cm³/mol. The van der Waals surface area contributed by atoms with Crippen molar-refractivity contribution in [2.75, 3.05) is 13.7 Å². The largest absolute Gasteiger partial charge is 0.496 e. The van der Waals surface area contributed by atoms with Gasteiger partial charge >= 0.3 is 0 Å². The number of carbonyl (C=O) groups is 1. The van der Waals surface area contributed by atoms with Crippen LogP contribution in [0.4, 0.5) is 0 Å². The van der Waals surface area contributed by atoms with E-state index in [2.05, 4.69) is 10.5 Å². The van der Waals surface area contributed by atoms with Gasteiger partial charge in [-0.3, -0.25) is 4.79 Å². The molecule has 3 aromatic carbocycles. The monoisotopic (exact) mass is 451 g/mol. The molecule has 0 atom stereocenters. The number of hydrogen-bond acceptors (Lipinski definition) is 5. The third kappa shape index (κ3) is 6.03. The summed E-state index contributed by atoms with van der Waals surface area (Å²) in [5.74, 6) is 0.0495. The first-order valence-corrected chi connectivity index (χ1v) is 11.4. The van der Waals surface area contributed by atoms with Crippen LogP contribution in [-0.2, 0) is 21.4 Å². The second-order valence-corrected chi connectivity index (χ2v) is 9.03. The topological polar surface area (TPSA) is 88.1 Å². The van der Waals surface area contributed by atoms with Gasteiger partial charge in [-0.05, 0) is 41.8 Å². The molecule has 1 N–H and O–H groups in total. The Morgan fingerprint density at radius 1 is 1.03 bits per heavy atom. The highest BCUT2D eigenvalue weighted by Gasteiger charge is 2.27. The second-order valence-electron chi connectivity index (χ2n) is 7.09. The quantitative estimate of drug-likeness (QED) is 0.399. The molecule has 0 aliphatic carbocycles. The summed E-state index contributed by atoms with van der Waals surface area (Å²) in [4.78, 5) is 12.6. The number of nitrogens with one attached hydrogen (secondary N) is 1. The van der Waals surface area contributed by atoms with Gasteiger partial charge in [0.15, 0.2) is 0 Å². The van der Waals surface area contributed by atoms with E-state index < -0.39 is 15.9 Å². The van der Waals surface area contributed by atoms with Gasteiger partial charge in [0.25, 0.3) is 5.91 Å². The Morgan fingerprint density at radius 2 is 1.69 bits per heavy atom. The van der Waals surface area contributed by atoms with E-state index in [1.54, 1.807) is 13.0 Å². The Labute approximate surface area is 188 Å². The highest BCUT2D eigenvalue weighted by molar-refractivity contribution is 7.89. The summed E-state index contributed by atoms with van der Waals surface area (Å²) < 4.78 is 33.1. The van der Waals surface area contributed by atoms with Crippen LogP contribution in [0.25, 0.3) is 0 Å². The van der Waals surface area contributed by atoms with Crippen LogP contribution < -0.4 is 10.2 Å². The van der Waals surface area contributed by atoms with E-state index >= 15 is 0 Å². The molecule has 0 aliphatic rings. The molecule has 166 valence electrons. The van der Waals surface area contributed by atoms with Gasteiger partial charge < -0.3 is 4.74 Å². The van der Waals surface area contributed by atoms with Crippen molar-refractivity contribution in [3.05, 3.63) is 95.6 Å². The summed E-state index contributed by atoms with van der Waals surface area (Å²) in [5.41, 5.74) is 4.67. The molecule has 0 bridgehead atoms. The number of hydrazone groups is 1. The van der Waals surface area contributed by atoms with Crippen molar-refractivity contribution in [1.29, 1.82) is 0 Å². The fourth-order valence-corrected chi connectivity index (χ4v) is 4.56. The van der Waals surface area contributed by atoms with Gasteiger partial charge in [-0.1, -0.05) is 60.7 Å². The van der Waals surface area contributed by atoms with E-state index in [9.17, 15) is 13.2 Å². The van der Waals surface area contributed by atoms with E-state index in [1.807, 2.05) is 60.7 Å². The van der Waals surface area contributed by atoms with Crippen LogP contribution in [0.2, 0.25) is 0 Å². The number of amides is 1. The Bertz CT molecular complexity index is 1180. The number of ether oxygens (including phenoxy) is 1. The molecule has 3 rings (SSSR count). The standard InChI is InChI=1S/C24H25N3O4S/c1-19-15-22(13-14-23(19)31-2)32(29,30)27(17-21-11-7-4-8-12-21)18-24(28)26-25-16-20-9-5-3-6-10-20/h3-16H,17-18H2,1-2H3,(H,26,28). The molecule has 0 saturated carbocycles. The summed E-state index contributed by atoms with van der Waals surface area (Å²) in [6.45, 7) is 1.43. The van der Waals surface area contributed by atoms with Crippen molar-refractivity contribution < 1.29 is 17.9 Å². The first-order chi connectivity index (χ1) is 15.4. The molecule has 32 heavy (non-hydrogen) atoms. The molecule has 0 spiro atoms. The molecule has 3 aromatic rings. The van der Waals surface area contributed by atoms with Crippen LogP contribution in [0.15, 0.2) is 88.9 Å². The van der Waals surface area contributed by atoms with Gasteiger partial charge in [0, 0.05) is 6.54 Å². The van der Waals surface area contributed by atoms with E-state index in [-0.39, 0.29) is 18.0 Å². The van der Waals surface area contributed by atoms with Crippen molar-refractivity contribution in [2.45, 2.75) is 18.4 Å². The smallest absolute Gasteiger partial charge is 0.255 e. The van der Waals surface area contributed by atoms with E-state index in [1.165, 1.54) is 25.5 Å². The molecule has 0 fully saturated rings. The van der Waals surface area contributed by atoms with Crippen LogP contribution in [-0.4, -0.2) is 38.5 Å². The summed E-state index contributed by atoms with van der Waals surface area (Å²) in [7, 11) is -2.43. The van der Waals surface area contributed by atoms with E-state index in [4.69, 9.17) is 4.74 Å². The molecule has 0 heterocycles. The Morgan fingerprint density at radius 3 is 2.31 bits per heavy atom. The predicted octanol–water partition coefficient (Wildman–Crippen LogP) is 3.34. The lowest BCUT2D eigenvalue weighted by molar-refractivity contribution is -0.121. The van der Waals surface area contributed by atoms with Gasteiger partial charge in [-0.2, -0.15) is 9.41 Å². The fraction of sp³-hybridized carbons (Fsp3) is 0.167. The minimum atomic E-state index is -3.95. The zero-order chi connectivity index (χ0) is 23.0. The molecule has 0 unspecified atom stereocenters. The molecule has 0 aliphatic heterocycles. The number of aryl methyl sites for hydroxylation is 1. The van der Waals surface area contributed by atoms with Crippen LogP contribution >= 0.6 is 0 Å². The molecule has 0 aromatic heterocycles. The zero-order valence-corrected chi connectivity index (χ0v) is 18.7. The maximum Gasteiger partial charge on any atom is 0.255 e. The van der Waals surface area contributed by atoms with Gasteiger partial charge in [-0.15, -0.1) is 0 Å². The highest BCUT2D eigenvalue weighted by atomic mass is 32.2. The van der Waals surface area contributed by atoms with Crippen molar-refractivity contribution in [3.8, 4) is 5.75 Å². The zero-order valence-electron chi connectivity index (χ0n) is 17.9. The Hall–Kier alpha value is -3.49. The summed E-state index contributed by atoms with van der Waals surface area (Å²) >= 11 is 0. The fourth-order valence-electron chi connectivity index (χ4n) is 3.09. The maximum absolute atomic E-state index is 13.4. The maximum atomic E-state index is 13.4. The van der Waals surface area contributed by atoms with Crippen molar-refractivity contribution >= 4 is 22.1 Å². The number of methoxy groups -OCH3 is 1. The average molecular weight is 452 g/mol. The van der Waals surface area contributed by atoms with Crippen LogP contribution in [0.3, 0.4) is 0 Å². The number of carbonyl (C=O) groups excluding carboxylic acids is 1. The van der Waals surface area contributed by atoms with Crippen LogP contribution in [0, 0.1) is 6.92 Å². The molecule has 0 saturated heterocycles. The molecule has 7 nitrogen and oxygen atoms in total. The lowest BCUT2D eigenvalue weighted by Gasteiger charge is -2.22. The lowest BCUT2D eigenvalue weighted by atomic mass is 10.2. The third-order valence-electron chi connectivity index (χ3n) is 4.73. The Kier molecular flexibility index (Phi) is 7.75. The Balaban J connectivity index is 1.82. The summed E-state index contributed by atoms with van der Waals surface area (Å²) in [5, 5.41) is 3.93. The summed E-state index contributed by atoms with van der Waals surface area (Å²) in [6, 6.07) is 23.0. The molecule has 8 heteroatoms. The molecular formula is C24H25N3O4S. The van der Waals surface area contributed by atoms with Crippen molar-refractivity contribution in [3.63, 3.8) is 0 Å². The van der Waals surface area contributed by atoms with E-state index in [0.717, 1.165) is 15.4 Å². The van der Waals surface area contributed by atoms with Crippen molar-refractivity contribution in [1.82, 2.24) is 9.73 Å². The first kappa shape index (κ1) is 23.2. The van der Waals surface area contributed by atoms with Gasteiger partial charge in [0.1, 0.15) is 5.75 Å². The molecule has 1 amide bonds. The number of benzene rings is 3.